The van der Waals surface area contributed by atoms with Crippen molar-refractivity contribution < 1.29 is 32.2 Å². The molecular formula is C26H18ClF3N2O5. The molecule has 3 aromatic carbocycles. The van der Waals surface area contributed by atoms with Gasteiger partial charge in [0.15, 0.2) is 11.5 Å². The van der Waals surface area contributed by atoms with Gasteiger partial charge in [0.1, 0.15) is 11.5 Å². The molecule has 2 N–H and O–H groups in total. The van der Waals surface area contributed by atoms with E-state index in [1.807, 2.05) is 0 Å². The third-order valence-electron chi connectivity index (χ3n) is 5.67. The number of nitrogens with zero attached hydrogens (tertiary/aromatic N) is 1. The van der Waals surface area contributed by atoms with Crippen LogP contribution in [-0.2, 0) is 6.54 Å². The van der Waals surface area contributed by atoms with Crippen LogP contribution in [0.25, 0.3) is 22.2 Å². The van der Waals surface area contributed by atoms with Gasteiger partial charge in [0.05, 0.1) is 11.2 Å². The van der Waals surface area contributed by atoms with E-state index in [9.17, 15) is 23.1 Å². The molecule has 0 aliphatic heterocycles. The second kappa shape index (κ2) is 9.29. The number of aromatic hydroxyl groups is 1. The third kappa shape index (κ3) is 5.14. The zero-order valence-electron chi connectivity index (χ0n) is 19.1. The Morgan fingerprint density at radius 1 is 1.05 bits per heavy atom. The van der Waals surface area contributed by atoms with E-state index in [-0.39, 0.29) is 18.1 Å². The first-order valence-corrected chi connectivity index (χ1v) is 11.3. The van der Waals surface area contributed by atoms with Crippen LogP contribution in [-0.4, -0.2) is 21.0 Å². The van der Waals surface area contributed by atoms with Crippen molar-refractivity contribution in [3.63, 3.8) is 0 Å². The summed E-state index contributed by atoms with van der Waals surface area (Å²) in [7, 11) is 0. The number of aromatic amines is 1. The lowest BCUT2D eigenvalue weighted by atomic mass is 10.1. The minimum Gasteiger partial charge on any atom is -0.492 e. The van der Waals surface area contributed by atoms with Crippen LogP contribution in [0.1, 0.15) is 11.3 Å². The highest BCUT2D eigenvalue weighted by Crippen LogP contribution is 2.39. The first-order valence-electron chi connectivity index (χ1n) is 10.9. The number of ether oxygens (including phenoxy) is 2. The number of oxazole rings is 1. The molecule has 0 spiro atoms. The Morgan fingerprint density at radius 3 is 2.46 bits per heavy atom. The molecule has 0 saturated carbocycles. The molecule has 0 fully saturated rings. The molecule has 0 unspecified atom stereocenters. The van der Waals surface area contributed by atoms with E-state index >= 15 is 0 Å². The molecule has 2 aromatic heterocycles. The number of aromatic nitrogens is 2. The van der Waals surface area contributed by atoms with Gasteiger partial charge < -0.3 is 23.6 Å². The Balaban J connectivity index is 1.60. The van der Waals surface area contributed by atoms with Crippen LogP contribution in [0.4, 0.5) is 13.2 Å². The minimum absolute atomic E-state index is 0.0199. The summed E-state index contributed by atoms with van der Waals surface area (Å²) in [5.41, 5.74) is 2.27. The normalized spacial score (nSPS) is 11.7. The number of rotatable bonds is 6. The van der Waals surface area contributed by atoms with Crippen LogP contribution >= 0.6 is 11.6 Å². The lowest BCUT2D eigenvalue weighted by Crippen LogP contribution is -2.17. The second-order valence-electron chi connectivity index (χ2n) is 8.18. The molecule has 5 rings (SSSR count). The highest BCUT2D eigenvalue weighted by molar-refractivity contribution is 6.30. The molecule has 11 heteroatoms. The van der Waals surface area contributed by atoms with Crippen molar-refractivity contribution in [2.24, 2.45) is 0 Å². The van der Waals surface area contributed by atoms with Crippen LogP contribution in [0.5, 0.6) is 23.1 Å². The number of fused-ring (bicyclic) bond motifs is 1. The van der Waals surface area contributed by atoms with Gasteiger partial charge in [0, 0.05) is 28.6 Å². The van der Waals surface area contributed by atoms with E-state index in [1.54, 1.807) is 60.0 Å². The standard InChI is InChI=1S/C26H18ClF3N2O5/c1-14-22(35-18-7-5-17(27)6-8-18)20-10-9-19(37-26(28,29)30)12-21(20)32(14)13-15-3-2-4-16(11-15)23-24(33)31-25(34)36-23/h2-12,33H,13H2,1H3,(H,31,34). The maximum atomic E-state index is 12.9. The van der Waals surface area contributed by atoms with Crippen LogP contribution in [0, 0.1) is 6.92 Å². The quantitative estimate of drug-likeness (QED) is 0.247. The number of benzene rings is 3. The van der Waals surface area contributed by atoms with Crippen molar-refractivity contribution in [1.82, 2.24) is 9.55 Å². The zero-order valence-corrected chi connectivity index (χ0v) is 19.9. The molecule has 0 aliphatic rings. The largest absolute Gasteiger partial charge is 0.573 e. The van der Waals surface area contributed by atoms with Crippen molar-refractivity contribution in [3.8, 4) is 34.5 Å². The number of H-pyrrole nitrogens is 1. The molecule has 0 radical (unpaired) electrons. The SMILES string of the molecule is Cc1c(Oc2ccc(Cl)cc2)c2ccc(OC(F)(F)F)cc2n1Cc1cccc(-c2oc(=O)[nH]c2O)c1. The number of alkyl halides is 3. The Kier molecular flexibility index (Phi) is 6.12. The number of nitrogens with one attached hydrogen (secondary N) is 1. The van der Waals surface area contributed by atoms with Gasteiger partial charge in [-0.1, -0.05) is 29.8 Å². The van der Waals surface area contributed by atoms with Crippen molar-refractivity contribution in [2.45, 2.75) is 19.8 Å². The summed E-state index contributed by atoms with van der Waals surface area (Å²) < 4.78 is 55.8. The predicted octanol–water partition coefficient (Wildman–Crippen LogP) is 7.00. The van der Waals surface area contributed by atoms with Crippen LogP contribution in [0.3, 0.4) is 0 Å². The summed E-state index contributed by atoms with van der Waals surface area (Å²) in [5, 5.41) is 11.1. The highest BCUT2D eigenvalue weighted by atomic mass is 35.5. The fourth-order valence-electron chi connectivity index (χ4n) is 4.08. The molecule has 0 amide bonds. The zero-order chi connectivity index (χ0) is 26.3. The summed E-state index contributed by atoms with van der Waals surface area (Å²) in [4.78, 5) is 13.6. The van der Waals surface area contributed by atoms with Gasteiger partial charge in [-0.3, -0.25) is 4.98 Å². The van der Waals surface area contributed by atoms with Crippen molar-refractivity contribution in [3.05, 3.63) is 93.6 Å². The molecule has 190 valence electrons. The highest BCUT2D eigenvalue weighted by Gasteiger charge is 2.31. The lowest BCUT2D eigenvalue weighted by molar-refractivity contribution is -0.274. The van der Waals surface area contributed by atoms with Gasteiger partial charge in [0.25, 0.3) is 0 Å². The predicted molar refractivity (Wildman–Crippen MR) is 130 cm³/mol. The summed E-state index contributed by atoms with van der Waals surface area (Å²) in [6.07, 6.45) is -4.85. The lowest BCUT2D eigenvalue weighted by Gasteiger charge is -2.12. The van der Waals surface area contributed by atoms with Crippen LogP contribution in [0.15, 0.2) is 75.9 Å². The van der Waals surface area contributed by atoms with Gasteiger partial charge in [-0.25, -0.2) is 4.79 Å². The molecule has 0 saturated heterocycles. The second-order valence-corrected chi connectivity index (χ2v) is 8.61. The van der Waals surface area contributed by atoms with Crippen molar-refractivity contribution in [1.29, 1.82) is 0 Å². The first-order chi connectivity index (χ1) is 17.6. The fraction of sp³-hybridized carbons (Fsp3) is 0.115. The smallest absolute Gasteiger partial charge is 0.492 e. The Morgan fingerprint density at radius 2 is 1.78 bits per heavy atom. The van der Waals surface area contributed by atoms with Crippen LogP contribution < -0.4 is 15.2 Å². The van der Waals surface area contributed by atoms with E-state index in [0.717, 1.165) is 5.56 Å². The molecule has 0 bridgehead atoms. The monoisotopic (exact) mass is 530 g/mol. The van der Waals surface area contributed by atoms with Gasteiger partial charge in [0.2, 0.25) is 5.88 Å². The fourth-order valence-corrected chi connectivity index (χ4v) is 4.21. The molecule has 2 heterocycles. The van der Waals surface area contributed by atoms with E-state index in [4.69, 9.17) is 20.8 Å². The Hall–Kier alpha value is -4.31. The van der Waals surface area contributed by atoms with Gasteiger partial charge in [-0.15, -0.1) is 13.2 Å². The van der Waals surface area contributed by atoms with E-state index in [2.05, 4.69) is 9.72 Å². The van der Waals surface area contributed by atoms with Gasteiger partial charge >= 0.3 is 12.1 Å². The van der Waals surface area contributed by atoms with Crippen LogP contribution in [0.2, 0.25) is 5.02 Å². The maximum absolute atomic E-state index is 12.9. The molecule has 5 aromatic rings. The first kappa shape index (κ1) is 24.4. The Labute approximate surface area is 212 Å². The van der Waals surface area contributed by atoms with Gasteiger partial charge in [-0.2, -0.15) is 0 Å². The average molecular weight is 531 g/mol. The van der Waals surface area contributed by atoms with E-state index in [0.29, 0.717) is 38.7 Å². The summed E-state index contributed by atoms with van der Waals surface area (Å²) in [5.74, 6) is -0.634. The van der Waals surface area contributed by atoms with E-state index in [1.165, 1.54) is 18.2 Å². The van der Waals surface area contributed by atoms with Crippen molar-refractivity contribution >= 4 is 22.5 Å². The number of hydrogen-bond acceptors (Lipinski definition) is 5. The number of hydrogen-bond donors (Lipinski definition) is 2. The van der Waals surface area contributed by atoms with E-state index < -0.39 is 18.0 Å². The molecule has 0 aliphatic carbocycles. The summed E-state index contributed by atoms with van der Waals surface area (Å²) >= 11 is 5.97. The maximum Gasteiger partial charge on any atom is 0.573 e. The topological polar surface area (TPSA) is 89.6 Å². The van der Waals surface area contributed by atoms with Gasteiger partial charge in [-0.05, 0) is 55.0 Å². The minimum atomic E-state index is -4.85. The Bertz CT molecular complexity index is 1650. The molecule has 0 atom stereocenters. The molecular weight excluding hydrogens is 513 g/mol. The molecule has 37 heavy (non-hydrogen) atoms. The average Bonchev–Trinajstić information content (AvgIpc) is 3.30. The number of halogens is 4. The summed E-state index contributed by atoms with van der Waals surface area (Å²) in [6, 6.07) is 17.6. The third-order valence-corrected chi connectivity index (χ3v) is 5.92. The molecule has 7 nitrogen and oxygen atoms in total. The van der Waals surface area contributed by atoms with Crippen molar-refractivity contribution in [2.75, 3.05) is 0 Å². The summed E-state index contributed by atoms with van der Waals surface area (Å²) in [6.45, 7) is 2.02.